The molecule has 0 fully saturated rings. The first-order chi connectivity index (χ1) is 15.3. The first-order valence-electron chi connectivity index (χ1n) is 11.7. The molecule has 0 bridgehead atoms. The Labute approximate surface area is 191 Å². The molecule has 1 heterocycles. The molecule has 0 amide bonds. The summed E-state index contributed by atoms with van der Waals surface area (Å²) < 4.78 is 12.4. The Morgan fingerprint density at radius 1 is 1.19 bits per heavy atom. The third kappa shape index (κ3) is 3.13. The Hall–Kier alpha value is -2.50. The van der Waals surface area contributed by atoms with Crippen LogP contribution in [0.1, 0.15) is 71.2 Å². The highest BCUT2D eigenvalue weighted by Crippen LogP contribution is 2.56. The standard InChI is InChI=1S/C27H31NO3Si/c1-16(2)15-18-7-6-8-20-22(18)24-23-25(30-28-24)21(31-32(4)5)13-14-27(23,26(20)29)19-11-9-17(3)10-12-19/h6-12,16,21,32H,13-15H2,1-5H3. The minimum Gasteiger partial charge on any atom is -0.410 e. The van der Waals surface area contributed by atoms with Crippen molar-refractivity contribution in [2.24, 2.45) is 5.92 Å². The summed E-state index contributed by atoms with van der Waals surface area (Å²) in [5.74, 6) is 1.40. The van der Waals surface area contributed by atoms with Gasteiger partial charge in [0.15, 0.2) is 20.6 Å². The van der Waals surface area contributed by atoms with Gasteiger partial charge in [0.1, 0.15) is 11.8 Å². The van der Waals surface area contributed by atoms with Crippen molar-refractivity contribution in [1.82, 2.24) is 5.16 Å². The van der Waals surface area contributed by atoms with E-state index in [1.54, 1.807) is 0 Å². The predicted octanol–water partition coefficient (Wildman–Crippen LogP) is 6.17. The molecule has 2 aliphatic carbocycles. The Balaban J connectivity index is 1.80. The van der Waals surface area contributed by atoms with Gasteiger partial charge in [-0.05, 0) is 56.3 Å². The Morgan fingerprint density at radius 3 is 2.62 bits per heavy atom. The third-order valence-electron chi connectivity index (χ3n) is 6.85. The summed E-state index contributed by atoms with van der Waals surface area (Å²) in [6.45, 7) is 10.8. The van der Waals surface area contributed by atoms with Crippen molar-refractivity contribution in [1.29, 1.82) is 0 Å². The van der Waals surface area contributed by atoms with Gasteiger partial charge in [-0.3, -0.25) is 4.79 Å². The molecule has 2 aromatic carbocycles. The highest BCUT2D eigenvalue weighted by molar-refractivity contribution is 6.48. The maximum absolute atomic E-state index is 14.4. The fraction of sp³-hybridized carbons (Fsp3) is 0.407. The van der Waals surface area contributed by atoms with Gasteiger partial charge in [-0.25, -0.2) is 0 Å². The van der Waals surface area contributed by atoms with Crippen LogP contribution in [0.5, 0.6) is 0 Å². The van der Waals surface area contributed by atoms with E-state index in [-0.39, 0.29) is 11.9 Å². The van der Waals surface area contributed by atoms with Gasteiger partial charge in [0, 0.05) is 16.7 Å². The maximum atomic E-state index is 14.4. The third-order valence-corrected chi connectivity index (χ3v) is 7.72. The molecular formula is C27H31NO3Si. The molecule has 0 radical (unpaired) electrons. The van der Waals surface area contributed by atoms with E-state index in [0.29, 0.717) is 12.3 Å². The Bertz CT molecular complexity index is 1180. The number of benzene rings is 2. The lowest BCUT2D eigenvalue weighted by molar-refractivity contribution is 0.0832. The van der Waals surface area contributed by atoms with E-state index in [4.69, 9.17) is 8.95 Å². The lowest BCUT2D eigenvalue weighted by Gasteiger charge is -2.42. The van der Waals surface area contributed by atoms with Crippen LogP contribution in [0.15, 0.2) is 47.0 Å². The van der Waals surface area contributed by atoms with Gasteiger partial charge in [0.05, 0.1) is 5.41 Å². The van der Waals surface area contributed by atoms with Crippen LogP contribution in [-0.2, 0) is 16.3 Å². The van der Waals surface area contributed by atoms with Crippen LogP contribution in [0.3, 0.4) is 0 Å². The number of rotatable bonds is 5. The molecule has 1 aromatic heterocycles. The molecule has 2 aliphatic rings. The number of hydrogen-bond donors (Lipinski definition) is 0. The lowest BCUT2D eigenvalue weighted by Crippen LogP contribution is -2.44. The van der Waals surface area contributed by atoms with Crippen molar-refractivity contribution >= 4 is 14.8 Å². The number of aromatic nitrogens is 1. The second kappa shape index (κ2) is 7.82. The number of carbonyl (C=O) groups excluding carboxylic acids is 1. The van der Waals surface area contributed by atoms with Crippen LogP contribution in [0.2, 0.25) is 13.1 Å². The molecule has 2 atom stereocenters. The minimum absolute atomic E-state index is 0.122. The molecule has 2 unspecified atom stereocenters. The first kappa shape index (κ1) is 21.3. The molecule has 166 valence electrons. The van der Waals surface area contributed by atoms with Crippen LogP contribution >= 0.6 is 0 Å². The molecule has 5 heteroatoms. The summed E-state index contributed by atoms with van der Waals surface area (Å²) in [5, 5.41) is 4.62. The van der Waals surface area contributed by atoms with Crippen molar-refractivity contribution in [3.05, 3.63) is 76.0 Å². The summed E-state index contributed by atoms with van der Waals surface area (Å²) in [7, 11) is -1.29. The van der Waals surface area contributed by atoms with Crippen molar-refractivity contribution in [3.8, 4) is 11.3 Å². The van der Waals surface area contributed by atoms with Gasteiger partial charge in [-0.1, -0.05) is 67.0 Å². The van der Waals surface area contributed by atoms with Crippen LogP contribution in [0.25, 0.3) is 11.3 Å². The van der Waals surface area contributed by atoms with Crippen LogP contribution < -0.4 is 0 Å². The summed E-state index contributed by atoms with van der Waals surface area (Å²) in [5.41, 5.74) is 6.13. The monoisotopic (exact) mass is 445 g/mol. The molecule has 5 rings (SSSR count). The van der Waals surface area contributed by atoms with E-state index >= 15 is 0 Å². The fourth-order valence-corrected chi connectivity index (χ4v) is 6.48. The molecule has 32 heavy (non-hydrogen) atoms. The summed E-state index contributed by atoms with van der Waals surface area (Å²) in [4.78, 5) is 14.4. The summed E-state index contributed by atoms with van der Waals surface area (Å²) >= 11 is 0. The van der Waals surface area contributed by atoms with Crippen molar-refractivity contribution in [2.45, 2.75) is 64.6 Å². The van der Waals surface area contributed by atoms with E-state index in [1.807, 2.05) is 12.1 Å². The molecule has 0 saturated heterocycles. The van der Waals surface area contributed by atoms with E-state index in [9.17, 15) is 4.79 Å². The normalized spacial score (nSPS) is 21.7. The van der Waals surface area contributed by atoms with Crippen LogP contribution in [0.4, 0.5) is 0 Å². The molecule has 4 nitrogen and oxygen atoms in total. The first-order valence-corrected chi connectivity index (χ1v) is 14.5. The van der Waals surface area contributed by atoms with Gasteiger partial charge in [-0.15, -0.1) is 0 Å². The van der Waals surface area contributed by atoms with E-state index in [0.717, 1.165) is 46.5 Å². The van der Waals surface area contributed by atoms with Crippen molar-refractivity contribution < 1.29 is 13.7 Å². The zero-order valence-electron chi connectivity index (χ0n) is 19.6. The average Bonchev–Trinajstić information content (AvgIpc) is 3.19. The molecular weight excluding hydrogens is 414 g/mol. The average molecular weight is 446 g/mol. The van der Waals surface area contributed by atoms with Gasteiger partial charge in [0.25, 0.3) is 0 Å². The summed E-state index contributed by atoms with van der Waals surface area (Å²) in [6, 6.07) is 14.5. The number of hydrogen-bond acceptors (Lipinski definition) is 4. The second-order valence-electron chi connectivity index (χ2n) is 10.0. The van der Waals surface area contributed by atoms with Crippen LogP contribution in [0, 0.1) is 12.8 Å². The van der Waals surface area contributed by atoms with Gasteiger partial charge >= 0.3 is 0 Å². The topological polar surface area (TPSA) is 52.3 Å². The summed E-state index contributed by atoms with van der Waals surface area (Å²) in [6.07, 6.45) is 2.24. The minimum atomic E-state index is -1.29. The fourth-order valence-electron chi connectivity index (χ4n) is 5.56. The second-order valence-corrected chi connectivity index (χ2v) is 12.4. The Morgan fingerprint density at radius 2 is 1.94 bits per heavy atom. The van der Waals surface area contributed by atoms with Gasteiger partial charge in [0.2, 0.25) is 0 Å². The highest BCUT2D eigenvalue weighted by Gasteiger charge is 2.55. The predicted molar refractivity (Wildman–Crippen MR) is 129 cm³/mol. The van der Waals surface area contributed by atoms with Crippen molar-refractivity contribution in [3.63, 3.8) is 0 Å². The zero-order valence-corrected chi connectivity index (χ0v) is 20.7. The Kier molecular flexibility index (Phi) is 5.22. The molecule has 0 aliphatic heterocycles. The lowest BCUT2D eigenvalue weighted by atomic mass is 9.59. The van der Waals surface area contributed by atoms with Gasteiger partial charge < -0.3 is 8.95 Å². The van der Waals surface area contributed by atoms with Crippen molar-refractivity contribution in [2.75, 3.05) is 0 Å². The number of aryl methyl sites for hydroxylation is 1. The van der Waals surface area contributed by atoms with E-state index in [2.05, 4.69) is 69.4 Å². The zero-order chi connectivity index (χ0) is 22.6. The highest BCUT2D eigenvalue weighted by atomic mass is 28.3. The smallest absolute Gasteiger partial charge is 0.178 e. The SMILES string of the molecule is Cc1ccc(C23CCC(O[SiH](C)C)c4onc(c42)-c2c(CC(C)C)cccc2C3=O)cc1. The van der Waals surface area contributed by atoms with E-state index < -0.39 is 14.5 Å². The molecule has 0 spiro atoms. The van der Waals surface area contributed by atoms with Gasteiger partial charge in [-0.2, -0.15) is 0 Å². The maximum Gasteiger partial charge on any atom is 0.178 e. The van der Waals surface area contributed by atoms with E-state index in [1.165, 1.54) is 11.1 Å². The number of carbonyl (C=O) groups is 1. The number of Topliss-reactive ketones (excluding diaryl/α,β-unsaturated/α-hetero) is 1. The number of fused-ring (bicyclic) bond motifs is 2. The number of ketones is 1. The molecule has 0 N–H and O–H groups in total. The quantitative estimate of drug-likeness (QED) is 0.441. The molecule has 3 aromatic rings. The largest absolute Gasteiger partial charge is 0.410 e. The molecule has 0 saturated carbocycles. The number of nitrogens with zero attached hydrogens (tertiary/aromatic N) is 1. The van der Waals surface area contributed by atoms with Crippen LogP contribution in [-0.4, -0.2) is 20.0 Å².